The first-order valence-electron chi connectivity index (χ1n) is 6.75. The quantitative estimate of drug-likeness (QED) is 0.760. The second-order valence-corrected chi connectivity index (χ2v) is 4.76. The molecule has 4 heteroatoms. The van der Waals surface area contributed by atoms with Crippen LogP contribution >= 0.6 is 0 Å². The highest BCUT2D eigenvalue weighted by Gasteiger charge is 2.12. The zero-order valence-electron chi connectivity index (χ0n) is 12.3. The van der Waals surface area contributed by atoms with E-state index in [1.165, 1.54) is 0 Å². The first-order chi connectivity index (χ1) is 9.10. The van der Waals surface area contributed by atoms with Crippen molar-refractivity contribution in [3.05, 3.63) is 23.8 Å². The Morgan fingerprint density at radius 3 is 2.21 bits per heavy atom. The van der Waals surface area contributed by atoms with E-state index < -0.39 is 6.10 Å². The summed E-state index contributed by atoms with van der Waals surface area (Å²) in [6.07, 6.45) is 1.68. The van der Waals surface area contributed by atoms with E-state index in [-0.39, 0.29) is 0 Å². The van der Waals surface area contributed by atoms with E-state index in [0.717, 1.165) is 18.4 Å². The molecule has 0 aliphatic rings. The molecule has 0 aliphatic carbocycles. The lowest BCUT2D eigenvalue weighted by Gasteiger charge is -2.18. The van der Waals surface area contributed by atoms with Gasteiger partial charge in [0.15, 0.2) is 0 Å². The molecule has 0 amide bonds. The van der Waals surface area contributed by atoms with Crippen LogP contribution in [0.5, 0.6) is 11.5 Å². The van der Waals surface area contributed by atoms with Gasteiger partial charge in [0, 0.05) is 18.7 Å². The minimum absolute atomic E-state index is 0.409. The Labute approximate surface area is 115 Å². The Balaban J connectivity index is 2.67. The molecular weight excluding hydrogens is 242 g/mol. The maximum Gasteiger partial charge on any atom is 0.122 e. The molecule has 0 fully saturated rings. The lowest BCUT2D eigenvalue weighted by atomic mass is 10.1. The van der Waals surface area contributed by atoms with Crippen molar-refractivity contribution in [2.24, 2.45) is 0 Å². The van der Waals surface area contributed by atoms with Crippen molar-refractivity contribution >= 4 is 0 Å². The van der Waals surface area contributed by atoms with Gasteiger partial charge in [-0.3, -0.25) is 0 Å². The topological polar surface area (TPSA) is 50.7 Å². The maximum atomic E-state index is 10.2. The van der Waals surface area contributed by atoms with E-state index in [2.05, 4.69) is 19.2 Å². The van der Waals surface area contributed by atoms with Gasteiger partial charge in [0.25, 0.3) is 0 Å². The summed E-state index contributed by atoms with van der Waals surface area (Å²) in [5.74, 6) is 1.38. The third-order valence-electron chi connectivity index (χ3n) is 3.14. The van der Waals surface area contributed by atoms with Gasteiger partial charge >= 0.3 is 0 Å². The molecule has 0 spiro atoms. The van der Waals surface area contributed by atoms with Crippen molar-refractivity contribution < 1.29 is 14.6 Å². The molecule has 2 N–H and O–H groups in total. The Bertz CT molecular complexity index is 359. The highest BCUT2D eigenvalue weighted by molar-refractivity contribution is 5.39. The number of hydrogen-bond acceptors (Lipinski definition) is 4. The number of aliphatic hydroxyl groups excluding tert-OH is 1. The standard InChI is InChI=1S/C15H25NO3/c1-5-6-11(2)16-10-15(17)12-7-13(18-3)9-14(8-12)19-4/h7-9,11,15-17H,5-6,10H2,1-4H3. The Morgan fingerprint density at radius 2 is 1.74 bits per heavy atom. The number of rotatable bonds is 8. The van der Waals surface area contributed by atoms with Crippen LogP contribution in [0, 0.1) is 0 Å². The summed E-state index contributed by atoms with van der Waals surface area (Å²) in [5.41, 5.74) is 0.799. The second kappa shape index (κ2) is 8.02. The summed E-state index contributed by atoms with van der Waals surface area (Å²) in [6, 6.07) is 5.87. The fraction of sp³-hybridized carbons (Fsp3) is 0.600. The third-order valence-corrected chi connectivity index (χ3v) is 3.14. The molecule has 1 aromatic rings. The molecule has 1 rings (SSSR count). The number of methoxy groups -OCH3 is 2. The molecule has 0 bridgehead atoms. The van der Waals surface area contributed by atoms with Gasteiger partial charge in [0.1, 0.15) is 11.5 Å². The maximum absolute atomic E-state index is 10.2. The SMILES string of the molecule is CCCC(C)NCC(O)c1cc(OC)cc(OC)c1. The Morgan fingerprint density at radius 1 is 1.16 bits per heavy atom. The van der Waals surface area contributed by atoms with Crippen molar-refractivity contribution in [3.8, 4) is 11.5 Å². The molecule has 0 aromatic heterocycles. The molecule has 0 aliphatic heterocycles. The van der Waals surface area contributed by atoms with E-state index in [0.29, 0.717) is 24.1 Å². The molecule has 2 atom stereocenters. The van der Waals surface area contributed by atoms with Gasteiger partial charge in [-0.1, -0.05) is 13.3 Å². The average molecular weight is 267 g/mol. The van der Waals surface area contributed by atoms with E-state index in [9.17, 15) is 5.11 Å². The molecule has 0 radical (unpaired) electrons. The van der Waals surface area contributed by atoms with Crippen LogP contribution in [0.2, 0.25) is 0 Å². The van der Waals surface area contributed by atoms with Crippen LogP contribution in [0.4, 0.5) is 0 Å². The summed E-state index contributed by atoms with van der Waals surface area (Å²) >= 11 is 0. The molecule has 0 saturated heterocycles. The van der Waals surface area contributed by atoms with Gasteiger partial charge in [-0.05, 0) is 31.0 Å². The van der Waals surface area contributed by atoms with Crippen LogP contribution in [-0.2, 0) is 0 Å². The monoisotopic (exact) mass is 267 g/mol. The van der Waals surface area contributed by atoms with Gasteiger partial charge < -0.3 is 19.9 Å². The summed E-state index contributed by atoms with van der Waals surface area (Å²) < 4.78 is 10.4. The van der Waals surface area contributed by atoms with Gasteiger partial charge in [-0.25, -0.2) is 0 Å². The molecule has 2 unspecified atom stereocenters. The summed E-state index contributed by atoms with van der Waals surface area (Å²) in [5, 5.41) is 13.5. The minimum Gasteiger partial charge on any atom is -0.497 e. The van der Waals surface area contributed by atoms with Crippen LogP contribution in [0.15, 0.2) is 18.2 Å². The predicted octanol–water partition coefficient (Wildman–Crippen LogP) is 2.52. The lowest BCUT2D eigenvalue weighted by Crippen LogP contribution is -2.30. The highest BCUT2D eigenvalue weighted by Crippen LogP contribution is 2.26. The van der Waals surface area contributed by atoms with Gasteiger partial charge in [0.2, 0.25) is 0 Å². The van der Waals surface area contributed by atoms with Crippen LogP contribution in [0.25, 0.3) is 0 Å². The molecule has 0 saturated carbocycles. The predicted molar refractivity (Wildman–Crippen MR) is 76.9 cm³/mol. The lowest BCUT2D eigenvalue weighted by molar-refractivity contribution is 0.169. The number of aliphatic hydroxyl groups is 1. The highest BCUT2D eigenvalue weighted by atomic mass is 16.5. The summed E-state index contributed by atoms with van der Waals surface area (Å²) in [4.78, 5) is 0. The Kier molecular flexibility index (Phi) is 6.67. The molecule has 4 nitrogen and oxygen atoms in total. The molecule has 19 heavy (non-hydrogen) atoms. The van der Waals surface area contributed by atoms with Crippen LogP contribution in [0.1, 0.15) is 38.4 Å². The first kappa shape index (κ1) is 15.8. The van der Waals surface area contributed by atoms with Crippen LogP contribution < -0.4 is 14.8 Å². The zero-order valence-corrected chi connectivity index (χ0v) is 12.3. The molecular formula is C15H25NO3. The Hall–Kier alpha value is -1.26. The van der Waals surface area contributed by atoms with E-state index in [4.69, 9.17) is 9.47 Å². The molecule has 1 aromatic carbocycles. The van der Waals surface area contributed by atoms with E-state index >= 15 is 0 Å². The van der Waals surface area contributed by atoms with Crippen molar-refractivity contribution in [2.45, 2.75) is 38.8 Å². The van der Waals surface area contributed by atoms with Crippen molar-refractivity contribution in [2.75, 3.05) is 20.8 Å². The second-order valence-electron chi connectivity index (χ2n) is 4.76. The van der Waals surface area contributed by atoms with Crippen molar-refractivity contribution in [3.63, 3.8) is 0 Å². The van der Waals surface area contributed by atoms with E-state index in [1.807, 2.05) is 12.1 Å². The fourth-order valence-electron chi connectivity index (χ4n) is 1.99. The van der Waals surface area contributed by atoms with Crippen LogP contribution in [-0.4, -0.2) is 31.9 Å². The number of hydrogen-bond donors (Lipinski definition) is 2. The summed E-state index contributed by atoms with van der Waals surface area (Å²) in [6.45, 7) is 4.81. The molecule has 108 valence electrons. The van der Waals surface area contributed by atoms with E-state index in [1.54, 1.807) is 20.3 Å². The van der Waals surface area contributed by atoms with Gasteiger partial charge in [-0.15, -0.1) is 0 Å². The minimum atomic E-state index is -0.566. The smallest absolute Gasteiger partial charge is 0.122 e. The normalized spacial score (nSPS) is 13.9. The van der Waals surface area contributed by atoms with Gasteiger partial charge in [0.05, 0.1) is 20.3 Å². The summed E-state index contributed by atoms with van der Waals surface area (Å²) in [7, 11) is 3.21. The van der Waals surface area contributed by atoms with Crippen molar-refractivity contribution in [1.29, 1.82) is 0 Å². The largest absolute Gasteiger partial charge is 0.497 e. The van der Waals surface area contributed by atoms with Crippen LogP contribution in [0.3, 0.4) is 0 Å². The first-order valence-corrected chi connectivity index (χ1v) is 6.75. The third kappa shape index (κ3) is 5.09. The zero-order chi connectivity index (χ0) is 14.3. The molecule has 0 heterocycles. The number of benzene rings is 1. The van der Waals surface area contributed by atoms with Gasteiger partial charge in [-0.2, -0.15) is 0 Å². The average Bonchev–Trinajstić information content (AvgIpc) is 2.44. The number of nitrogens with one attached hydrogen (secondary N) is 1. The number of ether oxygens (including phenoxy) is 2. The fourth-order valence-corrected chi connectivity index (χ4v) is 1.99. The van der Waals surface area contributed by atoms with Crippen molar-refractivity contribution in [1.82, 2.24) is 5.32 Å².